The molecule has 68 valence electrons. The normalized spacial score (nSPS) is 12.2. The number of nitrogens with zero attached hydrogens (tertiary/aromatic N) is 1. The van der Waals surface area contributed by atoms with Crippen molar-refractivity contribution >= 4 is 11.6 Å². The van der Waals surface area contributed by atoms with Crippen LogP contribution in [0.5, 0.6) is 0 Å². The lowest BCUT2D eigenvalue weighted by atomic mass is 10.0. The lowest BCUT2D eigenvalue weighted by Gasteiger charge is -2.10. The van der Waals surface area contributed by atoms with Crippen LogP contribution in [0.25, 0.3) is 0 Å². The highest BCUT2D eigenvalue weighted by atomic mass is 35.5. The first-order valence-corrected chi connectivity index (χ1v) is 4.13. The van der Waals surface area contributed by atoms with Crippen LogP contribution in [-0.4, -0.2) is 11.7 Å². The van der Waals surface area contributed by atoms with E-state index in [1.54, 1.807) is 18.2 Å². The second-order valence-electron chi connectivity index (χ2n) is 2.63. The summed E-state index contributed by atoms with van der Waals surface area (Å²) in [7, 11) is 0. The predicted octanol–water partition coefficient (Wildman–Crippen LogP) is 1.20. The number of aliphatic hydroxyl groups is 1. The van der Waals surface area contributed by atoms with E-state index in [2.05, 4.69) is 0 Å². The van der Waals surface area contributed by atoms with E-state index in [4.69, 9.17) is 27.7 Å². The molecule has 0 saturated carbocycles. The summed E-state index contributed by atoms with van der Waals surface area (Å²) < 4.78 is 0. The van der Waals surface area contributed by atoms with Gasteiger partial charge in [0.15, 0.2) is 0 Å². The maximum absolute atomic E-state index is 8.82. The van der Waals surface area contributed by atoms with Gasteiger partial charge in [0, 0.05) is 5.02 Å². The van der Waals surface area contributed by atoms with Gasteiger partial charge in [0.1, 0.15) is 0 Å². The number of rotatable bonds is 2. The Morgan fingerprint density at radius 3 is 2.85 bits per heavy atom. The molecule has 0 amide bonds. The number of hydrogen-bond donors (Lipinski definition) is 2. The Balaban J connectivity index is 3.17. The van der Waals surface area contributed by atoms with Gasteiger partial charge in [0.05, 0.1) is 24.3 Å². The number of benzene rings is 1. The summed E-state index contributed by atoms with van der Waals surface area (Å²) in [5.41, 5.74) is 6.61. The molecule has 0 aromatic heterocycles. The van der Waals surface area contributed by atoms with E-state index in [1.165, 1.54) is 0 Å². The summed E-state index contributed by atoms with van der Waals surface area (Å²) in [4.78, 5) is 0. The molecule has 0 heterocycles. The molecular formula is C9H9ClN2O. The molecular weight excluding hydrogens is 188 g/mol. The molecule has 0 bridgehead atoms. The molecule has 1 aromatic carbocycles. The maximum Gasteiger partial charge on any atom is 0.0995 e. The lowest BCUT2D eigenvalue weighted by molar-refractivity contribution is 0.268. The first-order valence-electron chi connectivity index (χ1n) is 3.75. The second kappa shape index (κ2) is 4.24. The average molecular weight is 197 g/mol. The van der Waals surface area contributed by atoms with Gasteiger partial charge in [-0.15, -0.1) is 0 Å². The van der Waals surface area contributed by atoms with E-state index in [-0.39, 0.29) is 6.61 Å². The van der Waals surface area contributed by atoms with Crippen molar-refractivity contribution in [2.75, 3.05) is 6.61 Å². The Kier molecular flexibility index (Phi) is 3.26. The van der Waals surface area contributed by atoms with Gasteiger partial charge in [0.2, 0.25) is 0 Å². The van der Waals surface area contributed by atoms with E-state index in [9.17, 15) is 0 Å². The van der Waals surface area contributed by atoms with Crippen molar-refractivity contribution in [3.05, 3.63) is 34.3 Å². The Bertz CT molecular complexity index is 346. The van der Waals surface area contributed by atoms with Crippen LogP contribution in [0.2, 0.25) is 5.02 Å². The molecule has 0 unspecified atom stereocenters. The standard InChI is InChI=1S/C9H9ClN2O/c10-7-2-1-6(4-11)8(3-7)9(12)5-13/h1-3,9,13H,5,12H2/t9-/m1/s1. The molecule has 1 aromatic rings. The zero-order valence-corrected chi connectivity index (χ0v) is 7.62. The summed E-state index contributed by atoms with van der Waals surface area (Å²) in [6, 6.07) is 6.25. The minimum atomic E-state index is -0.548. The Morgan fingerprint density at radius 2 is 2.31 bits per heavy atom. The molecule has 0 radical (unpaired) electrons. The fourth-order valence-corrected chi connectivity index (χ4v) is 1.22. The third-order valence-electron chi connectivity index (χ3n) is 1.73. The molecule has 3 N–H and O–H groups in total. The van der Waals surface area contributed by atoms with Crippen molar-refractivity contribution in [2.45, 2.75) is 6.04 Å². The molecule has 0 aliphatic carbocycles. The minimum Gasteiger partial charge on any atom is -0.394 e. The van der Waals surface area contributed by atoms with Crippen molar-refractivity contribution in [3.63, 3.8) is 0 Å². The van der Waals surface area contributed by atoms with Gasteiger partial charge in [0.25, 0.3) is 0 Å². The van der Waals surface area contributed by atoms with Crippen LogP contribution in [0.4, 0.5) is 0 Å². The third-order valence-corrected chi connectivity index (χ3v) is 1.97. The van der Waals surface area contributed by atoms with Crippen molar-refractivity contribution in [2.24, 2.45) is 5.73 Å². The highest BCUT2D eigenvalue weighted by molar-refractivity contribution is 6.30. The maximum atomic E-state index is 8.82. The zero-order chi connectivity index (χ0) is 9.84. The molecule has 0 aliphatic heterocycles. The molecule has 0 fully saturated rings. The Labute approximate surface area is 81.4 Å². The molecule has 0 spiro atoms. The second-order valence-corrected chi connectivity index (χ2v) is 3.07. The summed E-state index contributed by atoms with van der Waals surface area (Å²) in [6.07, 6.45) is 0. The molecule has 0 aliphatic rings. The monoisotopic (exact) mass is 196 g/mol. The van der Waals surface area contributed by atoms with Crippen molar-refractivity contribution in [1.29, 1.82) is 5.26 Å². The van der Waals surface area contributed by atoms with Gasteiger partial charge in [-0.05, 0) is 23.8 Å². The average Bonchev–Trinajstić information content (AvgIpc) is 2.16. The van der Waals surface area contributed by atoms with Crippen LogP contribution in [0.3, 0.4) is 0 Å². The van der Waals surface area contributed by atoms with Crippen molar-refractivity contribution < 1.29 is 5.11 Å². The van der Waals surface area contributed by atoms with Crippen LogP contribution in [0.1, 0.15) is 17.2 Å². The molecule has 1 rings (SSSR count). The number of nitrogens with two attached hydrogens (primary N) is 1. The number of hydrogen-bond acceptors (Lipinski definition) is 3. The van der Waals surface area contributed by atoms with Gasteiger partial charge in [-0.25, -0.2) is 0 Å². The van der Waals surface area contributed by atoms with E-state index >= 15 is 0 Å². The SMILES string of the molecule is N#Cc1ccc(Cl)cc1[C@H](N)CO. The molecule has 1 atom stereocenters. The number of nitriles is 1. The van der Waals surface area contributed by atoms with Crippen LogP contribution in [0, 0.1) is 11.3 Å². The van der Waals surface area contributed by atoms with Gasteiger partial charge >= 0.3 is 0 Å². The van der Waals surface area contributed by atoms with Crippen LogP contribution in [-0.2, 0) is 0 Å². The van der Waals surface area contributed by atoms with Crippen molar-refractivity contribution in [1.82, 2.24) is 0 Å². The smallest absolute Gasteiger partial charge is 0.0995 e. The van der Waals surface area contributed by atoms with Gasteiger partial charge in [-0.2, -0.15) is 5.26 Å². The van der Waals surface area contributed by atoms with Crippen LogP contribution in [0.15, 0.2) is 18.2 Å². The third kappa shape index (κ3) is 2.19. The topological polar surface area (TPSA) is 70.0 Å². The Hall–Kier alpha value is -1.08. The zero-order valence-electron chi connectivity index (χ0n) is 6.87. The first kappa shape index (κ1) is 10.0. The highest BCUT2D eigenvalue weighted by Crippen LogP contribution is 2.20. The fraction of sp³-hybridized carbons (Fsp3) is 0.222. The molecule has 0 saturated heterocycles. The quantitative estimate of drug-likeness (QED) is 0.747. The first-order chi connectivity index (χ1) is 6.19. The molecule has 4 heteroatoms. The van der Waals surface area contributed by atoms with E-state index < -0.39 is 6.04 Å². The van der Waals surface area contributed by atoms with E-state index in [0.29, 0.717) is 16.1 Å². The summed E-state index contributed by atoms with van der Waals surface area (Å²) in [5.74, 6) is 0. The number of halogens is 1. The van der Waals surface area contributed by atoms with Crippen molar-refractivity contribution in [3.8, 4) is 6.07 Å². The van der Waals surface area contributed by atoms with Crippen LogP contribution < -0.4 is 5.73 Å². The minimum absolute atomic E-state index is 0.199. The largest absolute Gasteiger partial charge is 0.394 e. The Morgan fingerprint density at radius 1 is 1.62 bits per heavy atom. The molecule has 13 heavy (non-hydrogen) atoms. The predicted molar refractivity (Wildman–Crippen MR) is 50.2 cm³/mol. The van der Waals surface area contributed by atoms with Gasteiger partial charge in [-0.1, -0.05) is 11.6 Å². The van der Waals surface area contributed by atoms with Gasteiger partial charge in [-0.3, -0.25) is 0 Å². The summed E-state index contributed by atoms with van der Waals surface area (Å²) in [5, 5.41) is 18.1. The highest BCUT2D eigenvalue weighted by Gasteiger charge is 2.10. The van der Waals surface area contributed by atoms with Gasteiger partial charge < -0.3 is 10.8 Å². The fourth-order valence-electron chi connectivity index (χ4n) is 1.04. The summed E-state index contributed by atoms with van der Waals surface area (Å²) in [6.45, 7) is -0.199. The summed E-state index contributed by atoms with van der Waals surface area (Å²) >= 11 is 5.73. The van der Waals surface area contributed by atoms with Crippen LogP contribution >= 0.6 is 11.6 Å². The molecule has 3 nitrogen and oxygen atoms in total. The lowest BCUT2D eigenvalue weighted by Crippen LogP contribution is -2.15. The van der Waals surface area contributed by atoms with E-state index in [1.807, 2.05) is 6.07 Å². The van der Waals surface area contributed by atoms with E-state index in [0.717, 1.165) is 0 Å². The number of aliphatic hydroxyl groups excluding tert-OH is 1.